The molecular formula is C38H48N6O6. The van der Waals surface area contributed by atoms with Gasteiger partial charge in [-0.1, -0.05) is 76.2 Å². The van der Waals surface area contributed by atoms with E-state index in [-0.39, 0.29) is 11.8 Å². The van der Waals surface area contributed by atoms with Crippen LogP contribution in [0.15, 0.2) is 60.9 Å². The zero-order valence-corrected chi connectivity index (χ0v) is 30.0. The largest absolute Gasteiger partial charge is 0.353 e. The normalized spacial score (nSPS) is 22.7. The zero-order valence-electron chi connectivity index (χ0n) is 30.0. The Labute approximate surface area is 293 Å². The molecule has 4 heterocycles. The molecule has 4 N–H and O–H groups in total. The molecule has 6 rings (SSSR count). The van der Waals surface area contributed by atoms with Gasteiger partial charge in [-0.25, -0.2) is 9.97 Å². The number of H-pyrrole nitrogens is 2. The molecule has 2 saturated heterocycles. The maximum atomic E-state index is 12.9. The van der Waals surface area contributed by atoms with E-state index in [0.717, 1.165) is 33.6 Å². The van der Waals surface area contributed by atoms with E-state index in [2.05, 4.69) is 54.8 Å². The van der Waals surface area contributed by atoms with Crippen molar-refractivity contribution in [3.05, 3.63) is 72.6 Å². The number of aromatic nitrogens is 4. The molecule has 2 amide bonds. The van der Waals surface area contributed by atoms with Gasteiger partial charge in [-0.3, -0.25) is 9.59 Å². The number of carbonyl (C=O) groups excluding carboxylic acids is 2. The van der Waals surface area contributed by atoms with Crippen LogP contribution in [0.5, 0.6) is 0 Å². The molecule has 2 aromatic heterocycles. The Morgan fingerprint density at radius 1 is 0.620 bits per heavy atom. The van der Waals surface area contributed by atoms with Crippen LogP contribution in [0.2, 0.25) is 0 Å². The van der Waals surface area contributed by atoms with Crippen LogP contribution in [0.25, 0.3) is 33.6 Å². The van der Waals surface area contributed by atoms with E-state index in [0.29, 0.717) is 36.6 Å². The third-order valence-corrected chi connectivity index (χ3v) is 8.53. The molecule has 50 heavy (non-hydrogen) atoms. The van der Waals surface area contributed by atoms with Crippen LogP contribution in [0.3, 0.4) is 0 Å². The summed E-state index contributed by atoms with van der Waals surface area (Å²) in [4.78, 5) is 41.7. The van der Waals surface area contributed by atoms with Crippen molar-refractivity contribution in [2.75, 3.05) is 13.1 Å². The molecule has 12 nitrogen and oxygen atoms in total. The third-order valence-electron chi connectivity index (χ3n) is 8.53. The minimum atomic E-state index is -0.918. The molecule has 4 atom stereocenters. The molecular weight excluding hydrogens is 636 g/mol. The van der Waals surface area contributed by atoms with E-state index >= 15 is 0 Å². The Morgan fingerprint density at radius 3 is 1.30 bits per heavy atom. The molecule has 0 bridgehead atoms. The summed E-state index contributed by atoms with van der Waals surface area (Å²) >= 11 is 0. The van der Waals surface area contributed by atoms with Gasteiger partial charge in [0.05, 0.1) is 23.8 Å². The summed E-state index contributed by atoms with van der Waals surface area (Å²) in [6.07, 6.45) is 0.569. The van der Waals surface area contributed by atoms with Crippen LogP contribution >= 0.6 is 0 Å². The number of aromatic amines is 2. The number of ether oxygens (including phenoxy) is 4. The summed E-state index contributed by atoms with van der Waals surface area (Å²) < 4.78 is 24.1. The van der Waals surface area contributed by atoms with Crippen LogP contribution < -0.4 is 10.6 Å². The van der Waals surface area contributed by atoms with E-state index in [9.17, 15) is 9.59 Å². The van der Waals surface area contributed by atoms with Crippen molar-refractivity contribution in [1.29, 1.82) is 0 Å². The topological polar surface area (TPSA) is 152 Å². The van der Waals surface area contributed by atoms with Crippen molar-refractivity contribution >= 4 is 11.8 Å². The number of carbonyl (C=O) groups is 2. The Kier molecular flexibility index (Phi) is 10.0. The molecule has 0 unspecified atom stereocenters. The minimum absolute atomic E-state index is 0.216. The van der Waals surface area contributed by atoms with Gasteiger partial charge in [-0.15, -0.1) is 0 Å². The van der Waals surface area contributed by atoms with E-state index in [4.69, 9.17) is 18.9 Å². The highest BCUT2D eigenvalue weighted by Crippen LogP contribution is 2.39. The van der Waals surface area contributed by atoms with Gasteiger partial charge in [0.15, 0.2) is 36.0 Å². The SMILES string of the molecule is CC(C)CNC(=O)[C@@H]1OC(C)(C)O[C@H]1c1ncc(-c2ccc(-c3ccc(-c4cnc([C@@H]5OC(C)(C)O[C@H]5C(=O)NCC(C)C)[nH]4)cc3)cc2)[nH]1. The van der Waals surface area contributed by atoms with Crippen LogP contribution in [-0.2, 0) is 28.5 Å². The van der Waals surface area contributed by atoms with Crippen LogP contribution in [0, 0.1) is 11.8 Å². The van der Waals surface area contributed by atoms with Gasteiger partial charge in [0.25, 0.3) is 11.8 Å². The van der Waals surface area contributed by atoms with Crippen LogP contribution in [0.4, 0.5) is 0 Å². The van der Waals surface area contributed by atoms with Gasteiger partial charge in [0, 0.05) is 13.1 Å². The maximum Gasteiger partial charge on any atom is 0.252 e. The van der Waals surface area contributed by atoms with Crippen LogP contribution in [-0.4, -0.2) is 68.6 Å². The number of hydrogen-bond donors (Lipinski definition) is 4. The van der Waals surface area contributed by atoms with Gasteiger partial charge < -0.3 is 39.5 Å². The summed E-state index contributed by atoms with van der Waals surface area (Å²) in [5, 5.41) is 5.90. The molecule has 0 radical (unpaired) electrons. The summed E-state index contributed by atoms with van der Waals surface area (Å²) in [7, 11) is 0. The average molecular weight is 685 g/mol. The molecule has 2 fully saturated rings. The van der Waals surface area contributed by atoms with Gasteiger partial charge in [0.2, 0.25) is 0 Å². The lowest BCUT2D eigenvalue weighted by Crippen LogP contribution is -2.40. The van der Waals surface area contributed by atoms with E-state index in [1.54, 1.807) is 40.1 Å². The number of amides is 2. The second-order valence-corrected chi connectivity index (χ2v) is 14.8. The number of hydrogen-bond acceptors (Lipinski definition) is 8. The van der Waals surface area contributed by atoms with Gasteiger partial charge >= 0.3 is 0 Å². The quantitative estimate of drug-likeness (QED) is 0.149. The molecule has 266 valence electrons. The maximum absolute atomic E-state index is 12.9. The van der Waals surface area contributed by atoms with Crippen molar-refractivity contribution in [2.45, 2.75) is 91.4 Å². The van der Waals surface area contributed by atoms with E-state index < -0.39 is 36.0 Å². The number of imidazole rings is 2. The van der Waals surface area contributed by atoms with Crippen molar-refractivity contribution in [3.8, 4) is 33.6 Å². The molecule has 0 saturated carbocycles. The Hall–Kier alpha value is -4.36. The highest BCUT2D eigenvalue weighted by molar-refractivity contribution is 5.82. The first-order valence-electron chi connectivity index (χ1n) is 17.3. The first kappa shape index (κ1) is 35.5. The predicted molar refractivity (Wildman–Crippen MR) is 188 cm³/mol. The Bertz CT molecular complexity index is 1660. The fourth-order valence-electron chi connectivity index (χ4n) is 6.06. The average Bonchev–Trinajstić information content (AvgIpc) is 3.87. The van der Waals surface area contributed by atoms with E-state index in [1.807, 2.05) is 52.0 Å². The fourth-order valence-corrected chi connectivity index (χ4v) is 6.06. The molecule has 0 aliphatic carbocycles. The molecule has 2 aliphatic rings. The second kappa shape index (κ2) is 14.1. The second-order valence-electron chi connectivity index (χ2n) is 14.8. The fraction of sp³-hybridized carbons (Fsp3) is 0.474. The minimum Gasteiger partial charge on any atom is -0.353 e. The molecule has 12 heteroatoms. The monoisotopic (exact) mass is 684 g/mol. The molecule has 4 aromatic rings. The Morgan fingerprint density at radius 2 is 0.960 bits per heavy atom. The molecule has 2 aliphatic heterocycles. The lowest BCUT2D eigenvalue weighted by Gasteiger charge is -2.16. The number of rotatable bonds is 11. The first-order chi connectivity index (χ1) is 23.7. The van der Waals surface area contributed by atoms with Crippen molar-refractivity contribution in [3.63, 3.8) is 0 Å². The lowest BCUT2D eigenvalue weighted by atomic mass is 10.0. The van der Waals surface area contributed by atoms with Gasteiger partial charge in [-0.2, -0.15) is 0 Å². The number of benzene rings is 2. The summed E-state index contributed by atoms with van der Waals surface area (Å²) in [5.41, 5.74) is 5.62. The molecule has 2 aromatic carbocycles. The molecule has 0 spiro atoms. The van der Waals surface area contributed by atoms with Crippen molar-refractivity contribution in [1.82, 2.24) is 30.6 Å². The predicted octanol–water partition coefficient (Wildman–Crippen LogP) is 6.06. The summed E-state index contributed by atoms with van der Waals surface area (Å²) in [6, 6.07) is 16.4. The summed E-state index contributed by atoms with van der Waals surface area (Å²) in [6.45, 7) is 16.5. The highest BCUT2D eigenvalue weighted by Gasteiger charge is 2.48. The number of nitrogens with zero attached hydrogens (tertiary/aromatic N) is 2. The zero-order chi connectivity index (χ0) is 35.8. The van der Waals surface area contributed by atoms with Crippen molar-refractivity contribution < 1.29 is 28.5 Å². The van der Waals surface area contributed by atoms with Crippen molar-refractivity contribution in [2.24, 2.45) is 11.8 Å². The van der Waals surface area contributed by atoms with E-state index in [1.165, 1.54) is 0 Å². The highest BCUT2D eigenvalue weighted by atomic mass is 16.8. The standard InChI is InChI=1S/C38H48N6O6/c1-21(2)17-41-35(45)31-29(47-37(5,6)49-31)33-39-19-27(43-33)25-13-9-23(10-14-25)24-11-15-26(16-12-24)28-20-40-34(44-28)30-32(50-38(7,8)48-30)36(46)42-18-22(3)4/h9-16,19-22,29-32H,17-18H2,1-8H3,(H,39,43)(H,40,44)(H,41,45)(H,42,46)/t29-,30-,31-,32-/m1/s1. The smallest absolute Gasteiger partial charge is 0.252 e. The lowest BCUT2D eigenvalue weighted by molar-refractivity contribution is -0.156. The Balaban J connectivity index is 1.12. The third kappa shape index (κ3) is 7.99. The van der Waals surface area contributed by atoms with Gasteiger partial charge in [-0.05, 0) is 61.8 Å². The summed E-state index contributed by atoms with van der Waals surface area (Å²) in [5.74, 6) is -0.551. The van der Waals surface area contributed by atoms with Crippen LogP contribution in [0.1, 0.15) is 79.2 Å². The number of nitrogens with one attached hydrogen (secondary N) is 4. The van der Waals surface area contributed by atoms with Gasteiger partial charge in [0.1, 0.15) is 11.6 Å². The first-order valence-corrected chi connectivity index (χ1v) is 17.3.